The van der Waals surface area contributed by atoms with E-state index in [0.717, 1.165) is 25.7 Å². The monoisotopic (exact) mass is 198 g/mol. The zero-order valence-electron chi connectivity index (χ0n) is 7.97. The van der Waals surface area contributed by atoms with Crippen LogP contribution in [-0.2, 0) is 4.79 Å². The van der Waals surface area contributed by atoms with Crippen LogP contribution >= 0.6 is 0 Å². The highest BCUT2D eigenvalue weighted by atomic mass is 16.4. The summed E-state index contributed by atoms with van der Waals surface area (Å²) in [6.07, 6.45) is 6.05. The topological polar surface area (TPSA) is 77.8 Å². The van der Waals surface area contributed by atoms with Crippen LogP contribution in [0.4, 0.5) is 0 Å². The van der Waals surface area contributed by atoms with Crippen LogP contribution in [0.2, 0.25) is 5.82 Å². The molecule has 0 bridgehead atoms. The van der Waals surface area contributed by atoms with E-state index in [2.05, 4.69) is 0 Å². The molecule has 0 saturated heterocycles. The summed E-state index contributed by atoms with van der Waals surface area (Å²) in [6, 6.07) is 0. The molecule has 1 saturated carbocycles. The van der Waals surface area contributed by atoms with E-state index < -0.39 is 13.1 Å². The first kappa shape index (κ1) is 11.3. The first-order valence-electron chi connectivity index (χ1n) is 4.87. The lowest BCUT2D eigenvalue weighted by Crippen LogP contribution is -2.24. The highest BCUT2D eigenvalue weighted by Crippen LogP contribution is 2.33. The Morgan fingerprint density at radius 1 is 1.21 bits per heavy atom. The largest absolute Gasteiger partial charge is 0.478 e. The van der Waals surface area contributed by atoms with Gasteiger partial charge in [0.1, 0.15) is 0 Å². The minimum Gasteiger partial charge on any atom is -0.478 e. The number of aliphatic carboxylic acids is 1. The zero-order chi connectivity index (χ0) is 10.6. The van der Waals surface area contributed by atoms with Gasteiger partial charge < -0.3 is 15.2 Å². The van der Waals surface area contributed by atoms with Gasteiger partial charge in [0.2, 0.25) is 0 Å². The molecule has 0 aliphatic heterocycles. The van der Waals surface area contributed by atoms with E-state index in [-0.39, 0.29) is 11.7 Å². The van der Waals surface area contributed by atoms with Gasteiger partial charge in [0, 0.05) is 6.08 Å². The first-order chi connectivity index (χ1) is 6.59. The van der Waals surface area contributed by atoms with Crippen LogP contribution in [0.3, 0.4) is 0 Å². The summed E-state index contributed by atoms with van der Waals surface area (Å²) in [6.45, 7) is 0. The molecular formula is C9H15BO4. The molecule has 1 aliphatic rings. The van der Waals surface area contributed by atoms with E-state index in [1.807, 2.05) is 0 Å². The van der Waals surface area contributed by atoms with Gasteiger partial charge >= 0.3 is 13.1 Å². The summed E-state index contributed by atoms with van der Waals surface area (Å²) in [5.41, 5.74) is 0. The predicted molar refractivity (Wildman–Crippen MR) is 52.7 cm³/mol. The standard InChI is InChI=1S/C9H15BO4/c11-9(12)6-3-7-1-4-8(5-2-7)10(13)14/h3,6-8,13-14H,1-2,4-5H2,(H,11,12)/b6-3+. The molecule has 0 spiro atoms. The van der Waals surface area contributed by atoms with Crippen LogP contribution in [0, 0.1) is 5.92 Å². The molecular weight excluding hydrogens is 183 g/mol. The zero-order valence-corrected chi connectivity index (χ0v) is 7.97. The van der Waals surface area contributed by atoms with Gasteiger partial charge in [-0.25, -0.2) is 4.79 Å². The number of hydrogen-bond acceptors (Lipinski definition) is 3. The summed E-state index contributed by atoms with van der Waals surface area (Å²) in [5.74, 6) is -0.681. The maximum absolute atomic E-state index is 10.2. The molecule has 0 amide bonds. The maximum Gasteiger partial charge on any atom is 0.454 e. The van der Waals surface area contributed by atoms with E-state index in [9.17, 15) is 4.79 Å². The van der Waals surface area contributed by atoms with Crippen molar-refractivity contribution in [1.29, 1.82) is 0 Å². The fraction of sp³-hybridized carbons (Fsp3) is 0.667. The van der Waals surface area contributed by atoms with Crippen LogP contribution in [0.25, 0.3) is 0 Å². The van der Waals surface area contributed by atoms with Crippen molar-refractivity contribution in [3.8, 4) is 0 Å². The van der Waals surface area contributed by atoms with E-state index in [1.165, 1.54) is 6.08 Å². The highest BCUT2D eigenvalue weighted by Gasteiger charge is 2.28. The minimum absolute atomic E-state index is 0.0375. The predicted octanol–water partition coefficient (Wildman–Crippen LogP) is 0.660. The van der Waals surface area contributed by atoms with Crippen LogP contribution in [-0.4, -0.2) is 28.2 Å². The number of hydrogen-bond donors (Lipinski definition) is 3. The Morgan fingerprint density at radius 2 is 1.79 bits per heavy atom. The van der Waals surface area contributed by atoms with Crippen molar-refractivity contribution in [3.05, 3.63) is 12.2 Å². The fourth-order valence-corrected chi connectivity index (χ4v) is 1.85. The van der Waals surface area contributed by atoms with Crippen LogP contribution in [0.15, 0.2) is 12.2 Å². The van der Waals surface area contributed by atoms with Crippen molar-refractivity contribution >= 4 is 13.1 Å². The average Bonchev–Trinajstić information content (AvgIpc) is 2.15. The second kappa shape index (κ2) is 5.17. The number of carboxylic acids is 1. The molecule has 0 atom stereocenters. The lowest BCUT2D eigenvalue weighted by Gasteiger charge is -2.25. The van der Waals surface area contributed by atoms with Crippen LogP contribution in [0.5, 0.6) is 0 Å². The fourth-order valence-electron chi connectivity index (χ4n) is 1.85. The molecule has 4 nitrogen and oxygen atoms in total. The Labute approximate surface area is 83.4 Å². The maximum atomic E-state index is 10.2. The third-order valence-electron chi connectivity index (χ3n) is 2.75. The van der Waals surface area contributed by atoms with E-state index in [4.69, 9.17) is 15.2 Å². The first-order valence-corrected chi connectivity index (χ1v) is 4.87. The SMILES string of the molecule is O=C(O)/C=C/C1CCC(B(O)O)CC1. The Bertz CT molecular complexity index is 219. The second-order valence-electron chi connectivity index (χ2n) is 3.79. The van der Waals surface area contributed by atoms with Crippen molar-refractivity contribution in [1.82, 2.24) is 0 Å². The van der Waals surface area contributed by atoms with Gasteiger partial charge in [0.05, 0.1) is 0 Å². The van der Waals surface area contributed by atoms with Crippen molar-refractivity contribution in [3.63, 3.8) is 0 Å². The van der Waals surface area contributed by atoms with Gasteiger partial charge in [-0.2, -0.15) is 0 Å². The Kier molecular flexibility index (Phi) is 4.16. The molecule has 0 heterocycles. The molecule has 0 aromatic rings. The smallest absolute Gasteiger partial charge is 0.454 e. The molecule has 14 heavy (non-hydrogen) atoms. The molecule has 5 heteroatoms. The molecule has 0 unspecified atom stereocenters. The van der Waals surface area contributed by atoms with E-state index in [1.54, 1.807) is 6.08 Å². The molecule has 0 aromatic carbocycles. The third kappa shape index (κ3) is 3.51. The van der Waals surface area contributed by atoms with E-state index in [0.29, 0.717) is 0 Å². The van der Waals surface area contributed by atoms with Gasteiger partial charge in [0.25, 0.3) is 0 Å². The second-order valence-corrected chi connectivity index (χ2v) is 3.79. The number of carbonyl (C=O) groups is 1. The molecule has 0 radical (unpaired) electrons. The van der Waals surface area contributed by atoms with Gasteiger partial charge in [-0.1, -0.05) is 18.9 Å². The van der Waals surface area contributed by atoms with E-state index >= 15 is 0 Å². The number of carboxylic acid groups (broad SMARTS) is 1. The Balaban J connectivity index is 2.32. The average molecular weight is 198 g/mol. The van der Waals surface area contributed by atoms with Gasteiger partial charge in [-0.05, 0) is 24.6 Å². The van der Waals surface area contributed by atoms with Crippen molar-refractivity contribution in [2.75, 3.05) is 0 Å². The lowest BCUT2D eigenvalue weighted by atomic mass is 9.63. The molecule has 3 N–H and O–H groups in total. The number of rotatable bonds is 3. The van der Waals surface area contributed by atoms with Gasteiger partial charge in [0.15, 0.2) is 0 Å². The normalized spacial score (nSPS) is 27.9. The van der Waals surface area contributed by atoms with Gasteiger partial charge in [-0.3, -0.25) is 0 Å². The molecule has 1 aliphatic carbocycles. The summed E-state index contributed by atoms with van der Waals surface area (Å²) in [5, 5.41) is 26.3. The van der Waals surface area contributed by atoms with Gasteiger partial charge in [-0.15, -0.1) is 0 Å². The van der Waals surface area contributed by atoms with Crippen molar-refractivity contribution in [2.45, 2.75) is 31.5 Å². The highest BCUT2D eigenvalue weighted by molar-refractivity contribution is 6.43. The summed E-state index contributed by atoms with van der Waals surface area (Å²) in [7, 11) is -1.22. The summed E-state index contributed by atoms with van der Waals surface area (Å²) < 4.78 is 0. The third-order valence-corrected chi connectivity index (χ3v) is 2.75. The van der Waals surface area contributed by atoms with Crippen LogP contribution in [0.1, 0.15) is 25.7 Å². The molecule has 0 aromatic heterocycles. The van der Waals surface area contributed by atoms with Crippen LogP contribution < -0.4 is 0 Å². The van der Waals surface area contributed by atoms with Crippen molar-refractivity contribution in [2.24, 2.45) is 5.92 Å². The molecule has 1 rings (SSSR count). The Hall–Kier alpha value is -0.805. The summed E-state index contributed by atoms with van der Waals surface area (Å²) in [4.78, 5) is 10.2. The lowest BCUT2D eigenvalue weighted by molar-refractivity contribution is -0.131. The molecule has 1 fully saturated rings. The molecule has 78 valence electrons. The Morgan fingerprint density at radius 3 is 2.21 bits per heavy atom. The minimum atomic E-state index is -1.22. The quantitative estimate of drug-likeness (QED) is 0.459. The summed E-state index contributed by atoms with van der Waals surface area (Å²) >= 11 is 0. The van der Waals surface area contributed by atoms with Crippen molar-refractivity contribution < 1.29 is 19.9 Å². The number of allylic oxidation sites excluding steroid dienone is 1.